The molecule has 2 unspecified atom stereocenters. The van der Waals surface area contributed by atoms with Gasteiger partial charge in [-0.15, -0.1) is 0 Å². The van der Waals surface area contributed by atoms with Gasteiger partial charge in [0.1, 0.15) is 0 Å². The minimum Gasteiger partial charge on any atom is -0.399 e. The van der Waals surface area contributed by atoms with Crippen LogP contribution >= 0.6 is 0 Å². The first kappa shape index (κ1) is 9.22. The van der Waals surface area contributed by atoms with E-state index in [4.69, 9.17) is 5.73 Å². The molecule has 1 aromatic rings. The fourth-order valence-corrected chi connectivity index (χ4v) is 3.08. The van der Waals surface area contributed by atoms with Crippen LogP contribution in [0.2, 0.25) is 0 Å². The first-order valence-corrected chi connectivity index (χ1v) is 5.90. The second-order valence-electron chi connectivity index (χ2n) is 5.00. The third kappa shape index (κ3) is 1.74. The van der Waals surface area contributed by atoms with Crippen LogP contribution in [0.5, 0.6) is 0 Å². The molecule has 1 aromatic carbocycles. The molecule has 2 atom stereocenters. The van der Waals surface area contributed by atoms with Crippen LogP contribution in [0.1, 0.15) is 24.8 Å². The van der Waals surface area contributed by atoms with Crippen molar-refractivity contribution >= 4 is 5.69 Å². The molecule has 80 valence electrons. The highest BCUT2D eigenvalue weighted by molar-refractivity contribution is 5.39. The van der Waals surface area contributed by atoms with Crippen LogP contribution in [0.15, 0.2) is 24.3 Å². The third-order valence-electron chi connectivity index (χ3n) is 3.89. The van der Waals surface area contributed by atoms with Crippen molar-refractivity contribution in [3.63, 3.8) is 0 Å². The summed E-state index contributed by atoms with van der Waals surface area (Å²) < 4.78 is 0. The third-order valence-corrected chi connectivity index (χ3v) is 3.89. The number of anilines is 1. The number of likely N-dealkylation sites (tertiary alicyclic amines) is 1. The summed E-state index contributed by atoms with van der Waals surface area (Å²) in [5.41, 5.74) is 7.94. The fraction of sp³-hybridized carbons (Fsp3) is 0.538. The van der Waals surface area contributed by atoms with Crippen LogP contribution in [-0.4, -0.2) is 17.5 Å². The quantitative estimate of drug-likeness (QED) is 0.745. The van der Waals surface area contributed by atoms with Gasteiger partial charge < -0.3 is 5.73 Å². The van der Waals surface area contributed by atoms with E-state index < -0.39 is 0 Å². The molecule has 2 N–H and O–H groups in total. The van der Waals surface area contributed by atoms with Crippen molar-refractivity contribution in [1.29, 1.82) is 0 Å². The Labute approximate surface area is 91.1 Å². The molecule has 0 spiro atoms. The number of fused-ring (bicyclic) bond motifs is 2. The number of hydrogen-bond donors (Lipinski definition) is 1. The molecule has 0 aromatic heterocycles. The van der Waals surface area contributed by atoms with Crippen LogP contribution in [0.4, 0.5) is 5.69 Å². The molecule has 0 radical (unpaired) electrons. The lowest BCUT2D eigenvalue weighted by Crippen LogP contribution is -2.31. The zero-order valence-corrected chi connectivity index (χ0v) is 9.02. The highest BCUT2D eigenvalue weighted by Crippen LogP contribution is 2.38. The van der Waals surface area contributed by atoms with Gasteiger partial charge in [-0.25, -0.2) is 0 Å². The van der Waals surface area contributed by atoms with Gasteiger partial charge in [-0.3, -0.25) is 4.90 Å². The standard InChI is InChI=1S/C13H18N2/c14-12-4-1-10(2-5-12)8-15-9-11-3-6-13(15)7-11/h1-2,4-5,11,13H,3,6-9,14H2. The molecule has 1 saturated heterocycles. The molecule has 2 nitrogen and oxygen atoms in total. The summed E-state index contributed by atoms with van der Waals surface area (Å²) >= 11 is 0. The Bertz CT molecular complexity index is 344. The van der Waals surface area contributed by atoms with E-state index in [0.29, 0.717) is 0 Å². The second-order valence-corrected chi connectivity index (χ2v) is 5.00. The van der Waals surface area contributed by atoms with Crippen molar-refractivity contribution in [3.8, 4) is 0 Å². The predicted octanol–water partition coefficient (Wildman–Crippen LogP) is 2.25. The van der Waals surface area contributed by atoms with E-state index in [9.17, 15) is 0 Å². The van der Waals surface area contributed by atoms with E-state index in [-0.39, 0.29) is 0 Å². The Morgan fingerprint density at radius 1 is 1.20 bits per heavy atom. The molecule has 2 heteroatoms. The molecule has 1 saturated carbocycles. The molecule has 3 rings (SSSR count). The van der Waals surface area contributed by atoms with Crippen LogP contribution in [-0.2, 0) is 6.54 Å². The minimum atomic E-state index is 0.863. The molecular formula is C13H18N2. The van der Waals surface area contributed by atoms with Gasteiger partial charge in [0.15, 0.2) is 0 Å². The zero-order chi connectivity index (χ0) is 10.3. The first-order chi connectivity index (χ1) is 7.31. The number of nitrogens with two attached hydrogens (primary N) is 1. The van der Waals surface area contributed by atoms with Crippen molar-refractivity contribution in [3.05, 3.63) is 29.8 Å². The molecule has 2 fully saturated rings. The number of benzene rings is 1. The van der Waals surface area contributed by atoms with Crippen LogP contribution in [0.25, 0.3) is 0 Å². The van der Waals surface area contributed by atoms with Gasteiger partial charge in [0.05, 0.1) is 0 Å². The molecule has 15 heavy (non-hydrogen) atoms. The number of nitrogen functional groups attached to an aromatic ring is 1. The Kier molecular flexibility index (Phi) is 2.17. The maximum absolute atomic E-state index is 5.68. The van der Waals surface area contributed by atoms with Gasteiger partial charge >= 0.3 is 0 Å². The highest BCUT2D eigenvalue weighted by Gasteiger charge is 2.37. The fourth-order valence-electron chi connectivity index (χ4n) is 3.08. The molecule has 0 amide bonds. The molecule has 1 aliphatic heterocycles. The molecule has 1 heterocycles. The van der Waals surface area contributed by atoms with Gasteiger partial charge in [-0.2, -0.15) is 0 Å². The topological polar surface area (TPSA) is 29.3 Å². The summed E-state index contributed by atoms with van der Waals surface area (Å²) in [6, 6.07) is 9.18. The van der Waals surface area contributed by atoms with Crippen LogP contribution < -0.4 is 5.73 Å². The Morgan fingerprint density at radius 2 is 2.00 bits per heavy atom. The number of hydrogen-bond acceptors (Lipinski definition) is 2. The van der Waals surface area contributed by atoms with Crippen molar-refractivity contribution in [2.75, 3.05) is 12.3 Å². The molecule has 2 aliphatic rings. The Morgan fingerprint density at radius 3 is 2.60 bits per heavy atom. The number of rotatable bonds is 2. The average molecular weight is 202 g/mol. The van der Waals surface area contributed by atoms with Crippen molar-refractivity contribution in [2.45, 2.75) is 31.8 Å². The van der Waals surface area contributed by atoms with E-state index >= 15 is 0 Å². The average Bonchev–Trinajstić information content (AvgIpc) is 2.83. The van der Waals surface area contributed by atoms with Gasteiger partial charge in [0.2, 0.25) is 0 Å². The molecule has 1 aliphatic carbocycles. The lowest BCUT2D eigenvalue weighted by Gasteiger charge is -2.26. The maximum atomic E-state index is 5.68. The van der Waals surface area contributed by atoms with Gasteiger partial charge in [0.25, 0.3) is 0 Å². The Hall–Kier alpha value is -1.02. The summed E-state index contributed by atoms with van der Waals surface area (Å²) in [6.45, 7) is 2.43. The summed E-state index contributed by atoms with van der Waals surface area (Å²) in [4.78, 5) is 2.64. The number of piperidine rings is 1. The number of nitrogens with zero attached hydrogens (tertiary/aromatic N) is 1. The summed E-state index contributed by atoms with van der Waals surface area (Å²) in [6.07, 6.45) is 4.32. The van der Waals surface area contributed by atoms with Gasteiger partial charge in [-0.1, -0.05) is 12.1 Å². The minimum absolute atomic E-state index is 0.863. The summed E-state index contributed by atoms with van der Waals surface area (Å²) in [5.74, 6) is 0.990. The second kappa shape index (κ2) is 3.53. The van der Waals surface area contributed by atoms with E-state index in [1.165, 1.54) is 31.4 Å². The van der Waals surface area contributed by atoms with Crippen molar-refractivity contribution < 1.29 is 0 Å². The van der Waals surface area contributed by atoms with E-state index in [1.807, 2.05) is 12.1 Å². The van der Waals surface area contributed by atoms with Gasteiger partial charge in [0, 0.05) is 24.8 Å². The van der Waals surface area contributed by atoms with Crippen LogP contribution in [0.3, 0.4) is 0 Å². The SMILES string of the molecule is Nc1ccc(CN2CC3CCC2C3)cc1. The molecular weight excluding hydrogens is 184 g/mol. The van der Waals surface area contributed by atoms with Crippen LogP contribution in [0, 0.1) is 5.92 Å². The summed E-state index contributed by atoms with van der Waals surface area (Å²) in [5, 5.41) is 0. The lowest BCUT2D eigenvalue weighted by atomic mass is 10.1. The highest BCUT2D eigenvalue weighted by atomic mass is 15.2. The predicted molar refractivity (Wildman–Crippen MR) is 62.4 cm³/mol. The van der Waals surface area contributed by atoms with Crippen molar-refractivity contribution in [1.82, 2.24) is 4.90 Å². The largest absolute Gasteiger partial charge is 0.399 e. The van der Waals surface area contributed by atoms with Crippen molar-refractivity contribution in [2.24, 2.45) is 5.92 Å². The van der Waals surface area contributed by atoms with E-state index in [2.05, 4.69) is 17.0 Å². The summed E-state index contributed by atoms with van der Waals surface area (Å²) in [7, 11) is 0. The van der Waals surface area contributed by atoms with Gasteiger partial charge in [-0.05, 0) is 42.9 Å². The van der Waals surface area contributed by atoms with E-state index in [0.717, 1.165) is 24.2 Å². The molecule has 2 bridgehead atoms. The lowest BCUT2D eigenvalue weighted by molar-refractivity contribution is 0.205. The Balaban J connectivity index is 1.68. The smallest absolute Gasteiger partial charge is 0.0314 e. The monoisotopic (exact) mass is 202 g/mol. The first-order valence-electron chi connectivity index (χ1n) is 5.90. The zero-order valence-electron chi connectivity index (χ0n) is 9.02. The maximum Gasteiger partial charge on any atom is 0.0314 e. The normalized spacial score (nSPS) is 29.9. The van der Waals surface area contributed by atoms with E-state index in [1.54, 1.807) is 0 Å².